The second-order valence-electron chi connectivity index (χ2n) is 21.5. The van der Waals surface area contributed by atoms with E-state index in [4.69, 9.17) is 29.9 Å². The number of anilines is 4. The fourth-order valence-electron chi connectivity index (χ4n) is 12.1. The van der Waals surface area contributed by atoms with Crippen LogP contribution in [0.1, 0.15) is 75.6 Å². The van der Waals surface area contributed by atoms with E-state index in [1.54, 1.807) is 35.6 Å². The van der Waals surface area contributed by atoms with Gasteiger partial charge in [-0.05, 0) is 58.4 Å². The number of carbonyl (C=O) groups excluding carboxylic acids is 3. The third-order valence-electron chi connectivity index (χ3n) is 16.4. The number of nitrogens with zero attached hydrogens (tertiary/aromatic N) is 10. The minimum Gasteiger partial charge on any atom is -0.388 e. The molecule has 416 valence electrons. The van der Waals surface area contributed by atoms with Crippen molar-refractivity contribution in [2.45, 2.75) is 126 Å². The van der Waals surface area contributed by atoms with Crippen LogP contribution >= 0.6 is 0 Å². The van der Waals surface area contributed by atoms with Gasteiger partial charge in [0.25, 0.3) is 0 Å². The van der Waals surface area contributed by atoms with Gasteiger partial charge in [0.15, 0.2) is 34.0 Å². The van der Waals surface area contributed by atoms with E-state index in [-0.39, 0.29) is 55.6 Å². The number of amides is 4. The maximum atomic E-state index is 13.9. The Hall–Kier alpha value is -8.25. The summed E-state index contributed by atoms with van der Waals surface area (Å²) in [6.07, 6.45) is 0.667. The average molecular weight is 1090 g/mol. The van der Waals surface area contributed by atoms with Gasteiger partial charge in [-0.2, -0.15) is 19.9 Å². The van der Waals surface area contributed by atoms with Gasteiger partial charge in [-0.15, -0.1) is 0 Å². The lowest BCUT2D eigenvalue weighted by Gasteiger charge is -2.22. The van der Waals surface area contributed by atoms with Crippen molar-refractivity contribution in [3.63, 3.8) is 0 Å². The van der Waals surface area contributed by atoms with E-state index in [1.807, 2.05) is 46.2 Å². The van der Waals surface area contributed by atoms with Gasteiger partial charge in [-0.3, -0.25) is 9.59 Å². The molecule has 4 amide bonds. The van der Waals surface area contributed by atoms with E-state index in [9.17, 15) is 34.8 Å². The molecule has 4 aliphatic rings. The number of aliphatic hydroxyl groups is 4. The van der Waals surface area contributed by atoms with Crippen molar-refractivity contribution in [2.75, 3.05) is 46.6 Å². The van der Waals surface area contributed by atoms with Gasteiger partial charge in [0.2, 0.25) is 23.7 Å². The first kappa shape index (κ1) is 52.4. The quantitative estimate of drug-likeness (QED) is 0.0659. The summed E-state index contributed by atoms with van der Waals surface area (Å²) in [7, 11) is 0. The van der Waals surface area contributed by atoms with Crippen LogP contribution in [0.25, 0.3) is 43.9 Å². The highest BCUT2D eigenvalue weighted by Crippen LogP contribution is 2.38. The Balaban J connectivity index is 0.754. The number of carbonyl (C=O) groups is 3. The Morgan fingerprint density at radius 1 is 0.537 bits per heavy atom. The fourth-order valence-corrected chi connectivity index (χ4v) is 12.1. The molecule has 12 rings (SSSR count). The van der Waals surface area contributed by atoms with Crippen LogP contribution in [0, 0.1) is 0 Å². The topological polar surface area (TPSA) is 298 Å². The predicted octanol–water partition coefficient (Wildman–Crippen LogP) is 3.78. The number of imidazole rings is 2. The molecule has 4 aromatic heterocycles. The van der Waals surface area contributed by atoms with Crippen LogP contribution in [-0.4, -0.2) is 152 Å². The number of urea groups is 1. The summed E-state index contributed by atoms with van der Waals surface area (Å²) in [6, 6.07) is 25.2. The molecule has 23 nitrogen and oxygen atoms in total. The second kappa shape index (κ2) is 22.1. The van der Waals surface area contributed by atoms with E-state index < -0.39 is 48.6 Å². The van der Waals surface area contributed by atoms with Gasteiger partial charge in [0.05, 0.1) is 36.8 Å². The van der Waals surface area contributed by atoms with Crippen molar-refractivity contribution in [2.24, 2.45) is 0 Å². The Labute approximate surface area is 460 Å². The third-order valence-corrected chi connectivity index (χ3v) is 16.4. The number of fused-ring (bicyclic) bond motifs is 4. The number of benzene rings is 4. The molecule has 4 aromatic carbocycles. The maximum Gasteiger partial charge on any atom is 0.315 e. The van der Waals surface area contributed by atoms with Crippen LogP contribution in [0.5, 0.6) is 0 Å². The molecule has 2 saturated heterocycles. The molecule has 80 heavy (non-hydrogen) atoms. The van der Waals surface area contributed by atoms with Gasteiger partial charge in [0.1, 0.15) is 24.4 Å². The molecule has 2 aliphatic heterocycles. The van der Waals surface area contributed by atoms with Crippen LogP contribution < -0.4 is 41.7 Å². The van der Waals surface area contributed by atoms with Crippen molar-refractivity contribution >= 4 is 85.3 Å². The number of nitrogens with one attached hydrogen (secondary N) is 6. The third kappa shape index (κ3) is 10.2. The molecule has 4 fully saturated rings. The van der Waals surface area contributed by atoms with Gasteiger partial charge in [-0.1, -0.05) is 98.8 Å². The van der Waals surface area contributed by atoms with Crippen LogP contribution in [0.2, 0.25) is 0 Å². The number of aliphatic hydroxyl groups excluding tert-OH is 4. The Kier molecular flexibility index (Phi) is 14.5. The van der Waals surface area contributed by atoms with Crippen molar-refractivity contribution in [1.29, 1.82) is 0 Å². The van der Waals surface area contributed by atoms with Crippen LogP contribution in [0.15, 0.2) is 97.6 Å². The van der Waals surface area contributed by atoms with E-state index in [1.165, 1.54) is 0 Å². The van der Waals surface area contributed by atoms with Crippen LogP contribution in [0.4, 0.5) is 28.3 Å². The lowest BCUT2D eigenvalue weighted by molar-refractivity contribution is -0.123. The summed E-state index contributed by atoms with van der Waals surface area (Å²) < 4.78 is 3.52. The normalized spacial score (nSPS) is 24.8. The minimum atomic E-state index is -1.20. The highest BCUT2D eigenvalue weighted by Gasteiger charge is 2.45. The highest BCUT2D eigenvalue weighted by molar-refractivity contribution is 5.89. The predicted molar refractivity (Wildman–Crippen MR) is 302 cm³/mol. The fraction of sp³-hybridized carbons (Fsp3) is 0.421. The lowest BCUT2D eigenvalue weighted by atomic mass is 10.0. The van der Waals surface area contributed by atoms with Crippen LogP contribution in [-0.2, 0) is 22.7 Å². The van der Waals surface area contributed by atoms with Crippen LogP contribution in [0.3, 0.4) is 0 Å². The molecule has 10 atom stereocenters. The molecule has 2 aliphatic carbocycles. The highest BCUT2D eigenvalue weighted by atomic mass is 16.3. The first-order valence-electron chi connectivity index (χ1n) is 27.7. The lowest BCUT2D eigenvalue weighted by Crippen LogP contribution is -2.48. The van der Waals surface area contributed by atoms with Crippen molar-refractivity contribution in [3.05, 3.63) is 109 Å². The molecule has 10 N–H and O–H groups in total. The summed E-state index contributed by atoms with van der Waals surface area (Å²) >= 11 is 0. The van der Waals surface area contributed by atoms with Gasteiger partial charge >= 0.3 is 6.03 Å². The molecule has 0 spiro atoms. The summed E-state index contributed by atoms with van der Waals surface area (Å²) in [5.74, 6) is 1.35. The van der Waals surface area contributed by atoms with Gasteiger partial charge in [-0.25, -0.2) is 14.8 Å². The van der Waals surface area contributed by atoms with E-state index in [0.29, 0.717) is 98.0 Å². The maximum absolute atomic E-state index is 13.9. The largest absolute Gasteiger partial charge is 0.388 e. The molecular weight excluding hydrogens is 1020 g/mol. The number of hydrogen-bond acceptors (Lipinski definition) is 17. The molecule has 8 aromatic rings. The van der Waals surface area contributed by atoms with E-state index >= 15 is 0 Å². The second-order valence-corrected chi connectivity index (χ2v) is 21.5. The number of rotatable bonds is 16. The van der Waals surface area contributed by atoms with Gasteiger partial charge < -0.3 is 71.3 Å². The van der Waals surface area contributed by atoms with Crippen molar-refractivity contribution in [3.8, 4) is 0 Å². The van der Waals surface area contributed by atoms with Crippen molar-refractivity contribution in [1.82, 2.24) is 60.3 Å². The molecule has 23 heteroatoms. The first-order chi connectivity index (χ1) is 38.9. The molecule has 0 unspecified atom stereocenters. The summed E-state index contributed by atoms with van der Waals surface area (Å²) in [6.45, 7) is 6.25. The minimum absolute atomic E-state index is 0.220. The Bertz CT molecular complexity index is 3370. The molecule has 2 saturated carbocycles. The zero-order valence-electron chi connectivity index (χ0n) is 44.5. The van der Waals surface area contributed by atoms with E-state index in [0.717, 1.165) is 32.7 Å². The Morgan fingerprint density at radius 2 is 0.963 bits per heavy atom. The zero-order valence-corrected chi connectivity index (χ0v) is 44.5. The van der Waals surface area contributed by atoms with Crippen molar-refractivity contribution < 1.29 is 34.8 Å². The summed E-state index contributed by atoms with van der Waals surface area (Å²) in [5, 5.41) is 68.4. The number of hydrogen-bond donors (Lipinski definition) is 10. The molecular formula is C57H66N16O7. The first-order valence-corrected chi connectivity index (χ1v) is 27.7. The Morgan fingerprint density at radius 3 is 1.40 bits per heavy atom. The van der Waals surface area contributed by atoms with Gasteiger partial charge in [0, 0.05) is 64.2 Å². The average Bonchev–Trinajstić information content (AvgIpc) is 4.40. The number of aromatic nitrogens is 8. The summed E-state index contributed by atoms with van der Waals surface area (Å²) in [5.41, 5.74) is 4.01. The molecule has 6 heterocycles. The standard InChI is InChI=1S/C57H66N16O7/c1-3-43(74)64-39-23-41(49(78)47(39)76)72-29-60-45-51(58-25-33-15-9-13-31-11-5-7-17-37(31)33)66-55(68-53(45)72)70-21-19-35(27-70)62-57(80)63-36-20-22-71(28-36)56-67-52(59-26-34-16-10-14-32-12-6-8-18-38(32)34)46-54(69-56)73(30-61-46)42-24-40(48(77)50(42)79)65-44(75)4-2/h5-18,29-30,35-36,39-42,47-50,76-79H,3-4,19-28H2,1-2H3,(H,64,74)(H,65,75)(H,58,66,68)(H,59,67,69)(H2,62,63,80)/t35-,36+,39-,40-,41+,42+,47+,48+,49-,50-/m0/s1. The molecule has 0 bridgehead atoms. The zero-order chi connectivity index (χ0) is 55.2. The SMILES string of the molecule is CCC(=O)N[C@H]1C[C@@H](n2cnc3c(NCc4cccc5ccccc45)nc(N4CC[C@@H](NC(=O)N[C@H]5CCN(c6nc(NCc7cccc8ccccc78)c7ncn([C@@H]8C[C@H](NC(=O)CC)[C@@H](O)[C@H]8O)c7n6)C5)C4)nc32)[C@H](O)[C@@H]1O. The molecule has 0 radical (unpaired) electrons. The smallest absolute Gasteiger partial charge is 0.315 e. The summed E-state index contributed by atoms with van der Waals surface area (Å²) in [4.78, 5) is 72.3. The monoisotopic (exact) mass is 1090 g/mol. The van der Waals surface area contributed by atoms with E-state index in [2.05, 4.69) is 80.4 Å².